The van der Waals surface area contributed by atoms with Crippen molar-refractivity contribution in [3.8, 4) is 23.0 Å². The number of para-hydroxylation sites is 2. The van der Waals surface area contributed by atoms with Crippen molar-refractivity contribution in [3.05, 3.63) is 211 Å². The topological polar surface area (TPSA) is 354 Å². The predicted molar refractivity (Wildman–Crippen MR) is 543 cm³/mol. The van der Waals surface area contributed by atoms with Gasteiger partial charge in [-0.3, -0.25) is 38.8 Å². The Morgan fingerprint density at radius 3 is 1.03 bits per heavy atom. The number of carboxylic acids is 4. The van der Waals surface area contributed by atoms with Crippen molar-refractivity contribution in [1.29, 1.82) is 0 Å². The SMILES string of the molecule is COc1cc(CCCCO[C@@H]2CCN([C@@H](C(=O)O)c3ccccc3OC3CC3)C2)nc2c1CCCN2.COc1cc(CCCCO[C@@H]2CCN([C@H](C(=O)O)c3ccccc3OC3CC3)C2)nc2c1CCCN2.O=C(O)[C@@H](c1cc(F)ccc1C1CCCO1)N1CC[C@@H](OCCCCc2ccc3c(n2)NCCC3)C1.O=C(O)[C@H](c1cc(F)ccc1C1CCCO1)N1CC[C@@H](OCCCCc2ccc3c(n2)NCCC3)C1. The standard InChI is InChI=1S/2C28H36FN3O4.2C28H37N3O5/c2*29-20-9-11-23(25-7-4-16-36-25)24(17-20)26(28(33)34)32-14-12-22(18-32)35-15-2-1-6-21-10-8-19-5-3-13-30-27(19)31-21;2*1-34-25-17-19(30-27-23(25)9-6-14-29-27)7-4-5-16-35-21-13-15-31(18-21)26(28(32)33)22-8-2-3-10-24(22)36-20-11-12-20/h2*8-11,17,22,25-26H,1-7,12-16,18H2,(H,30,31)(H,33,34);2*2-3,8,10,17,20-21,26H,4-7,9,11-16,18H2,1H3,(H,29,30)(H,32,33)/t22-,25?,26+;22-,25?,26-;21-,26+;21-,26-/m1111/s1. The summed E-state index contributed by atoms with van der Waals surface area (Å²) in [5.41, 5.74) is 13.3. The lowest BCUT2D eigenvalue weighted by atomic mass is 9.94. The largest absolute Gasteiger partial charge is 0.496 e. The molecule has 14 heterocycles. The van der Waals surface area contributed by atoms with Crippen LogP contribution in [0, 0.1) is 11.6 Å². The Hall–Kier alpha value is -10.8. The Labute approximate surface area is 844 Å². The smallest absolute Gasteiger partial charge is 0.325 e. The lowest BCUT2D eigenvalue weighted by Crippen LogP contribution is -2.34. The van der Waals surface area contributed by atoms with Gasteiger partial charge >= 0.3 is 23.9 Å². The number of carboxylic acid groups (broad SMARTS) is 4. The van der Waals surface area contributed by atoms with Crippen LogP contribution in [-0.4, -0.2) is 253 Å². The molecule has 0 bridgehead atoms. The van der Waals surface area contributed by atoms with Gasteiger partial charge in [-0.25, -0.2) is 28.7 Å². The van der Waals surface area contributed by atoms with Crippen molar-refractivity contribution in [2.24, 2.45) is 0 Å². The molecule has 776 valence electrons. The number of ether oxygens (including phenoxy) is 10. The van der Waals surface area contributed by atoms with Crippen molar-refractivity contribution in [2.75, 3.05) is 154 Å². The van der Waals surface area contributed by atoms with Crippen LogP contribution < -0.4 is 40.2 Å². The lowest BCUT2D eigenvalue weighted by Gasteiger charge is -2.28. The average Bonchev–Trinajstić information content (AvgIpc) is 1.57. The number of benzene rings is 4. The number of halogens is 2. The molecule has 4 aromatic carbocycles. The first kappa shape index (κ1) is 105. The molecular weight excluding hydrogens is 1840 g/mol. The van der Waals surface area contributed by atoms with E-state index < -0.39 is 59.7 Å². The first-order valence-corrected chi connectivity index (χ1v) is 53.1. The molecule has 0 radical (unpaired) electrons. The van der Waals surface area contributed by atoms with E-state index >= 15 is 0 Å². The van der Waals surface area contributed by atoms with Gasteiger partial charge in [0, 0.05) is 175 Å². The van der Waals surface area contributed by atoms with Gasteiger partial charge in [-0.05, 0) is 287 Å². The molecule has 6 saturated heterocycles. The van der Waals surface area contributed by atoms with Crippen molar-refractivity contribution in [3.63, 3.8) is 0 Å². The maximum absolute atomic E-state index is 14.2. The second-order valence-electron chi connectivity index (χ2n) is 40.2. The highest BCUT2D eigenvalue weighted by Crippen LogP contribution is 2.44. The van der Waals surface area contributed by atoms with Crippen LogP contribution in [0.4, 0.5) is 32.1 Å². The maximum atomic E-state index is 14.2. The maximum Gasteiger partial charge on any atom is 0.325 e. The molecule has 20 rings (SSSR count). The number of aliphatic carboxylic acids is 4. The summed E-state index contributed by atoms with van der Waals surface area (Å²) < 4.78 is 87.7. The molecule has 2 unspecified atom stereocenters. The summed E-state index contributed by atoms with van der Waals surface area (Å²) in [5.74, 6) is 2.80. The van der Waals surface area contributed by atoms with Crippen LogP contribution >= 0.6 is 0 Å². The highest BCUT2D eigenvalue weighted by Gasteiger charge is 2.43. The van der Waals surface area contributed by atoms with Gasteiger partial charge in [0.25, 0.3) is 0 Å². The number of unbranched alkanes of at least 4 members (excludes halogenated alkanes) is 4. The van der Waals surface area contributed by atoms with Gasteiger partial charge in [0.2, 0.25) is 0 Å². The fourth-order valence-corrected chi connectivity index (χ4v) is 21.8. The monoisotopic (exact) mass is 1990 g/mol. The number of anilines is 4. The van der Waals surface area contributed by atoms with Crippen LogP contribution in [0.15, 0.2) is 121 Å². The van der Waals surface area contributed by atoms with Crippen molar-refractivity contribution < 1.29 is 95.8 Å². The molecule has 2 saturated carbocycles. The Bertz CT molecular complexity index is 5200. The number of rotatable bonds is 44. The zero-order valence-corrected chi connectivity index (χ0v) is 83.7. The Kier molecular flexibility index (Phi) is 37.8. The number of nitrogens with one attached hydrogen (secondary N) is 4. The van der Waals surface area contributed by atoms with Gasteiger partial charge in [0.1, 0.15) is 82.1 Å². The van der Waals surface area contributed by atoms with E-state index in [-0.39, 0.29) is 48.8 Å². The molecule has 10 atom stereocenters. The van der Waals surface area contributed by atoms with Gasteiger partial charge in [-0.1, -0.05) is 60.7 Å². The minimum Gasteiger partial charge on any atom is -0.496 e. The fraction of sp³-hybridized carbons (Fsp3) is 0.571. The van der Waals surface area contributed by atoms with Crippen molar-refractivity contribution in [2.45, 2.75) is 278 Å². The third-order valence-electron chi connectivity index (χ3n) is 29.5. The normalized spacial score (nSPS) is 21.6. The molecule has 10 aliphatic heterocycles. The molecule has 30 nitrogen and oxygen atoms in total. The van der Waals surface area contributed by atoms with E-state index in [1.54, 1.807) is 26.4 Å². The van der Waals surface area contributed by atoms with Crippen molar-refractivity contribution in [1.82, 2.24) is 39.5 Å². The highest BCUT2D eigenvalue weighted by molar-refractivity contribution is 5.79. The van der Waals surface area contributed by atoms with Crippen LogP contribution in [0.25, 0.3) is 0 Å². The Balaban J connectivity index is 0.000000132. The van der Waals surface area contributed by atoms with Gasteiger partial charge < -0.3 is 89.1 Å². The van der Waals surface area contributed by atoms with E-state index in [1.165, 1.54) is 46.5 Å². The fourth-order valence-electron chi connectivity index (χ4n) is 21.8. The van der Waals surface area contributed by atoms with Gasteiger partial charge in [-0.2, -0.15) is 0 Å². The Morgan fingerprint density at radius 1 is 0.361 bits per heavy atom. The number of fused-ring (bicyclic) bond motifs is 4. The van der Waals surface area contributed by atoms with Crippen LogP contribution in [0.2, 0.25) is 0 Å². The predicted octanol–water partition coefficient (Wildman–Crippen LogP) is 17.8. The first-order chi connectivity index (χ1) is 70.4. The molecule has 144 heavy (non-hydrogen) atoms. The van der Waals surface area contributed by atoms with E-state index in [1.807, 2.05) is 68.1 Å². The zero-order chi connectivity index (χ0) is 99.6. The second kappa shape index (κ2) is 52.0. The quantitative estimate of drug-likeness (QED) is 0.0164. The molecule has 0 amide bonds. The summed E-state index contributed by atoms with van der Waals surface area (Å²) >= 11 is 0. The lowest BCUT2D eigenvalue weighted by molar-refractivity contribution is -0.144. The van der Waals surface area contributed by atoms with Gasteiger partial charge in [0.05, 0.1) is 63.1 Å². The molecule has 32 heteroatoms. The molecule has 8 fully saturated rings. The Morgan fingerprint density at radius 2 is 0.694 bits per heavy atom. The number of hydrogen-bond donors (Lipinski definition) is 8. The number of hydrogen-bond acceptors (Lipinski definition) is 26. The number of aromatic nitrogens is 4. The summed E-state index contributed by atoms with van der Waals surface area (Å²) in [6, 6.07) is 33.6. The summed E-state index contributed by atoms with van der Waals surface area (Å²) in [5, 5.41) is 53.9. The molecule has 12 aliphatic rings. The number of methoxy groups -OCH3 is 2. The minimum absolute atomic E-state index is 0.0161. The molecule has 4 aromatic heterocycles. The van der Waals surface area contributed by atoms with Gasteiger partial charge in [-0.15, -0.1) is 0 Å². The summed E-state index contributed by atoms with van der Waals surface area (Å²) in [4.78, 5) is 76.1. The van der Waals surface area contributed by atoms with Crippen LogP contribution in [0.5, 0.6) is 23.0 Å². The number of carbonyl (C=O) groups is 4. The third-order valence-corrected chi connectivity index (χ3v) is 29.5. The van der Waals surface area contributed by atoms with Crippen LogP contribution in [0.1, 0.15) is 269 Å². The summed E-state index contributed by atoms with van der Waals surface area (Å²) in [6.07, 6.45) is 31.1. The van der Waals surface area contributed by atoms with Crippen LogP contribution in [0.3, 0.4) is 0 Å². The number of aryl methyl sites for hydroxylation is 6. The molecule has 2 aliphatic carbocycles. The number of likely N-dealkylation sites (tertiary alicyclic amines) is 4. The molecular formula is C112H146F2N12O18. The van der Waals surface area contributed by atoms with Gasteiger partial charge in [0.15, 0.2) is 0 Å². The van der Waals surface area contributed by atoms with Crippen LogP contribution in [-0.2, 0) is 99.0 Å². The van der Waals surface area contributed by atoms with E-state index in [0.717, 1.165) is 311 Å². The third kappa shape index (κ3) is 28.5. The average molecular weight is 1990 g/mol. The summed E-state index contributed by atoms with van der Waals surface area (Å²) in [7, 11) is 3.45. The molecule has 0 spiro atoms. The molecule has 8 N–H and O–H groups in total. The van der Waals surface area contributed by atoms with E-state index in [9.17, 15) is 48.4 Å². The highest BCUT2D eigenvalue weighted by atomic mass is 19.1. The second-order valence-corrected chi connectivity index (χ2v) is 40.2. The van der Waals surface area contributed by atoms with E-state index in [2.05, 4.69) is 57.7 Å². The minimum atomic E-state index is -0.965. The first-order valence-electron chi connectivity index (χ1n) is 53.1. The van der Waals surface area contributed by atoms with E-state index in [4.69, 9.17) is 67.3 Å². The van der Waals surface area contributed by atoms with E-state index in [0.29, 0.717) is 115 Å². The summed E-state index contributed by atoms with van der Waals surface area (Å²) in [6.45, 7) is 12.7. The number of pyridine rings is 4. The zero-order valence-electron chi connectivity index (χ0n) is 83.7. The molecule has 8 aromatic rings. The van der Waals surface area contributed by atoms with Crippen molar-refractivity contribution >= 4 is 47.1 Å². The number of nitrogens with zero attached hydrogens (tertiary/aromatic N) is 8.